The molecule has 0 spiro atoms. The van der Waals surface area contributed by atoms with Crippen molar-refractivity contribution >= 4 is 5.95 Å². The molecule has 0 radical (unpaired) electrons. The quantitative estimate of drug-likeness (QED) is 0.792. The van der Waals surface area contributed by atoms with Crippen LogP contribution in [0.3, 0.4) is 0 Å². The van der Waals surface area contributed by atoms with E-state index in [1.165, 1.54) is 0 Å². The second kappa shape index (κ2) is 8.37. The molecule has 1 aromatic heterocycles. The molecule has 0 saturated heterocycles. The Kier molecular flexibility index (Phi) is 6.16. The van der Waals surface area contributed by atoms with E-state index < -0.39 is 0 Å². The lowest BCUT2D eigenvalue weighted by atomic mass is 9.82. The van der Waals surface area contributed by atoms with E-state index in [9.17, 15) is 5.11 Å². The standard InChI is InChI=1S/C21H31N3O2/c1-4-16-14-22-20(24-21(2)10-8-18(26-3)9-11-21)23-19(16)13-15-6-5-7-17(25)12-15/h1,14-15,17-18,25H,5-13H2,2-3H3,(H,22,23,24)/t15-,17-,18?,21?/m1/s1. The number of nitrogens with one attached hydrogen (secondary N) is 1. The molecule has 5 nitrogen and oxygen atoms in total. The van der Waals surface area contributed by atoms with E-state index in [2.05, 4.69) is 23.1 Å². The van der Waals surface area contributed by atoms with E-state index in [4.69, 9.17) is 16.1 Å². The van der Waals surface area contributed by atoms with E-state index in [1.54, 1.807) is 13.3 Å². The number of nitrogens with zero attached hydrogens (tertiary/aromatic N) is 2. The smallest absolute Gasteiger partial charge is 0.223 e. The summed E-state index contributed by atoms with van der Waals surface area (Å²) < 4.78 is 5.48. The maximum absolute atomic E-state index is 9.94. The molecule has 0 amide bonds. The molecule has 2 atom stereocenters. The zero-order valence-corrected chi connectivity index (χ0v) is 16.0. The zero-order chi connectivity index (χ0) is 18.6. The van der Waals surface area contributed by atoms with Crippen molar-refractivity contribution < 1.29 is 9.84 Å². The minimum Gasteiger partial charge on any atom is -0.393 e. The summed E-state index contributed by atoms with van der Waals surface area (Å²) in [6.07, 6.45) is 16.5. The summed E-state index contributed by atoms with van der Waals surface area (Å²) in [6.45, 7) is 2.23. The first-order valence-electron chi connectivity index (χ1n) is 9.83. The van der Waals surface area contributed by atoms with Gasteiger partial charge in [0.2, 0.25) is 5.95 Å². The van der Waals surface area contributed by atoms with E-state index >= 15 is 0 Å². The van der Waals surface area contributed by atoms with E-state index in [0.29, 0.717) is 18.0 Å². The maximum atomic E-state index is 9.94. The van der Waals surface area contributed by atoms with Gasteiger partial charge in [-0.2, -0.15) is 0 Å². The number of hydrogen-bond donors (Lipinski definition) is 2. The second-order valence-corrected chi connectivity index (χ2v) is 8.21. The highest BCUT2D eigenvalue weighted by Gasteiger charge is 2.32. The normalized spacial score (nSPS) is 32.0. The van der Waals surface area contributed by atoms with Crippen molar-refractivity contribution in [2.24, 2.45) is 5.92 Å². The fraction of sp³-hybridized carbons (Fsp3) is 0.714. The Balaban J connectivity index is 1.70. The largest absolute Gasteiger partial charge is 0.393 e. The number of methoxy groups -OCH3 is 1. The molecule has 1 heterocycles. The summed E-state index contributed by atoms with van der Waals surface area (Å²) in [5.74, 6) is 3.82. The van der Waals surface area contributed by atoms with Gasteiger partial charge in [0.15, 0.2) is 0 Å². The van der Waals surface area contributed by atoms with Gasteiger partial charge in [-0.05, 0) is 64.2 Å². The first-order chi connectivity index (χ1) is 12.5. The van der Waals surface area contributed by atoms with Gasteiger partial charge in [0.1, 0.15) is 0 Å². The molecule has 0 aromatic carbocycles. The zero-order valence-electron chi connectivity index (χ0n) is 16.0. The van der Waals surface area contributed by atoms with Crippen molar-refractivity contribution in [2.45, 2.75) is 82.5 Å². The van der Waals surface area contributed by atoms with Crippen LogP contribution in [0.5, 0.6) is 0 Å². The van der Waals surface area contributed by atoms with Gasteiger partial charge in [0.05, 0.1) is 23.5 Å². The molecule has 0 bridgehead atoms. The number of aliphatic hydroxyl groups excluding tert-OH is 1. The summed E-state index contributed by atoms with van der Waals surface area (Å²) in [5.41, 5.74) is 1.69. The summed E-state index contributed by atoms with van der Waals surface area (Å²) in [5, 5.41) is 13.5. The second-order valence-electron chi connectivity index (χ2n) is 8.21. The van der Waals surface area contributed by atoms with E-state index in [0.717, 1.165) is 69.0 Å². The Bertz CT molecular complexity index is 647. The van der Waals surface area contributed by atoms with Crippen molar-refractivity contribution in [1.82, 2.24) is 9.97 Å². The molecule has 1 aromatic rings. The van der Waals surface area contributed by atoms with Crippen molar-refractivity contribution in [3.8, 4) is 12.3 Å². The molecule has 2 N–H and O–H groups in total. The average molecular weight is 357 g/mol. The lowest BCUT2D eigenvalue weighted by molar-refractivity contribution is 0.0563. The summed E-state index contributed by atoms with van der Waals surface area (Å²) >= 11 is 0. The van der Waals surface area contributed by atoms with Gasteiger partial charge in [-0.15, -0.1) is 6.42 Å². The van der Waals surface area contributed by atoms with Crippen LogP contribution in [0.25, 0.3) is 0 Å². The minimum atomic E-state index is -0.183. The highest BCUT2D eigenvalue weighted by Crippen LogP contribution is 2.32. The van der Waals surface area contributed by atoms with Crippen LogP contribution in [0.2, 0.25) is 0 Å². The summed E-state index contributed by atoms with van der Waals surface area (Å²) in [6, 6.07) is 0. The SMILES string of the molecule is C#Cc1cnc(NC2(C)CCC(OC)CC2)nc1C[C@@H]1CCC[C@@H](O)C1. The van der Waals surface area contributed by atoms with Crippen LogP contribution in [0.4, 0.5) is 5.95 Å². The monoisotopic (exact) mass is 357 g/mol. The fourth-order valence-electron chi connectivity index (χ4n) is 4.33. The number of ether oxygens (including phenoxy) is 1. The molecule has 2 fully saturated rings. The molecule has 2 saturated carbocycles. The van der Waals surface area contributed by atoms with Crippen molar-refractivity contribution in [3.63, 3.8) is 0 Å². The van der Waals surface area contributed by atoms with Crippen LogP contribution in [0.1, 0.15) is 69.5 Å². The number of aliphatic hydroxyl groups is 1. The molecular formula is C21H31N3O2. The van der Waals surface area contributed by atoms with Crippen LogP contribution < -0.4 is 5.32 Å². The van der Waals surface area contributed by atoms with Gasteiger partial charge in [-0.3, -0.25) is 0 Å². The number of hydrogen-bond acceptors (Lipinski definition) is 5. The fourth-order valence-corrected chi connectivity index (χ4v) is 4.33. The van der Waals surface area contributed by atoms with E-state index in [-0.39, 0.29) is 11.6 Å². The third-order valence-corrected chi connectivity index (χ3v) is 6.04. The van der Waals surface area contributed by atoms with Gasteiger partial charge in [-0.1, -0.05) is 12.3 Å². The Morgan fingerprint density at radius 2 is 2.12 bits per heavy atom. The third-order valence-electron chi connectivity index (χ3n) is 6.04. The van der Waals surface area contributed by atoms with Crippen molar-refractivity contribution in [3.05, 3.63) is 17.5 Å². The maximum Gasteiger partial charge on any atom is 0.223 e. The molecule has 2 aliphatic carbocycles. The average Bonchev–Trinajstić information content (AvgIpc) is 2.62. The lowest BCUT2D eigenvalue weighted by Crippen LogP contribution is -2.41. The van der Waals surface area contributed by atoms with E-state index in [1.807, 2.05) is 0 Å². The molecule has 3 rings (SSSR count). The number of aromatic nitrogens is 2. The van der Waals surface area contributed by atoms with Crippen molar-refractivity contribution in [2.75, 3.05) is 12.4 Å². The van der Waals surface area contributed by atoms with Crippen LogP contribution in [-0.4, -0.2) is 39.9 Å². The van der Waals surface area contributed by atoms with Crippen molar-refractivity contribution in [1.29, 1.82) is 0 Å². The highest BCUT2D eigenvalue weighted by molar-refractivity contribution is 5.40. The highest BCUT2D eigenvalue weighted by atomic mass is 16.5. The molecule has 142 valence electrons. The van der Waals surface area contributed by atoms with Gasteiger partial charge in [0.25, 0.3) is 0 Å². The first kappa shape index (κ1) is 19.1. The third kappa shape index (κ3) is 4.75. The number of terminal acetylenes is 1. The molecule has 0 aliphatic heterocycles. The Labute approximate surface area is 157 Å². The molecule has 5 heteroatoms. The predicted molar refractivity (Wildman–Crippen MR) is 103 cm³/mol. The Morgan fingerprint density at radius 3 is 2.77 bits per heavy atom. The molecule has 26 heavy (non-hydrogen) atoms. The summed E-state index contributed by atoms with van der Waals surface area (Å²) in [4.78, 5) is 9.21. The van der Waals surface area contributed by atoms with Gasteiger partial charge in [-0.25, -0.2) is 9.97 Å². The van der Waals surface area contributed by atoms with Gasteiger partial charge in [0, 0.05) is 18.8 Å². The van der Waals surface area contributed by atoms with Gasteiger partial charge < -0.3 is 15.2 Å². The predicted octanol–water partition coefficient (Wildman–Crippen LogP) is 3.31. The van der Waals surface area contributed by atoms with Crippen LogP contribution in [0, 0.1) is 18.3 Å². The number of anilines is 1. The lowest BCUT2D eigenvalue weighted by Gasteiger charge is -2.37. The molecule has 0 unspecified atom stereocenters. The number of rotatable bonds is 5. The Morgan fingerprint density at radius 1 is 1.35 bits per heavy atom. The molecular weight excluding hydrogens is 326 g/mol. The first-order valence-corrected chi connectivity index (χ1v) is 9.83. The molecule has 2 aliphatic rings. The van der Waals surface area contributed by atoms with Gasteiger partial charge >= 0.3 is 0 Å². The van der Waals surface area contributed by atoms with Crippen LogP contribution in [-0.2, 0) is 11.2 Å². The minimum absolute atomic E-state index is 0.00894. The van der Waals surface area contributed by atoms with Crippen LogP contribution >= 0.6 is 0 Å². The Hall–Kier alpha value is -1.64. The summed E-state index contributed by atoms with van der Waals surface area (Å²) in [7, 11) is 1.79. The van der Waals surface area contributed by atoms with Crippen LogP contribution in [0.15, 0.2) is 6.20 Å². The topological polar surface area (TPSA) is 67.3 Å².